The quantitative estimate of drug-likeness (QED) is 0.638. The number of alkyl halides is 3. The van der Waals surface area contributed by atoms with Gasteiger partial charge in [0.2, 0.25) is 0 Å². The van der Waals surface area contributed by atoms with Gasteiger partial charge in [0, 0.05) is 6.21 Å². The summed E-state index contributed by atoms with van der Waals surface area (Å²) in [4.78, 5) is 16.0. The van der Waals surface area contributed by atoms with Gasteiger partial charge in [-0.25, -0.2) is 8.42 Å². The Kier molecular flexibility index (Phi) is 5.37. The van der Waals surface area contributed by atoms with E-state index in [1.807, 2.05) is 30.3 Å². The van der Waals surface area contributed by atoms with Crippen LogP contribution >= 0.6 is 34.8 Å². The Bertz CT molecular complexity index is 672. The highest BCUT2D eigenvalue weighted by Gasteiger charge is 2.41. The third-order valence-corrected chi connectivity index (χ3v) is 5.34. The van der Waals surface area contributed by atoms with Crippen molar-refractivity contribution in [3.05, 3.63) is 35.9 Å². The summed E-state index contributed by atoms with van der Waals surface area (Å²) in [5.41, 5.74) is 0.832. The highest BCUT2D eigenvalue weighted by atomic mass is 35.6. The smallest absolute Gasteiger partial charge is 0.272 e. The predicted octanol–water partition coefficient (Wildman–Crippen LogP) is 1.76. The van der Waals surface area contributed by atoms with Gasteiger partial charge in [-0.05, 0) is 5.56 Å². The van der Waals surface area contributed by atoms with E-state index in [2.05, 4.69) is 10.3 Å². The lowest BCUT2D eigenvalue weighted by Gasteiger charge is -2.19. The number of nitrogens with zero attached hydrogens (tertiary/aromatic N) is 1. The number of amides is 1. The molecular weight excluding hydrogens is 371 g/mol. The van der Waals surface area contributed by atoms with Gasteiger partial charge in [0.1, 0.15) is 0 Å². The summed E-state index contributed by atoms with van der Waals surface area (Å²) in [6.07, 6.45) is 1.57. The monoisotopic (exact) mass is 382 g/mol. The fourth-order valence-corrected chi connectivity index (χ4v) is 4.08. The molecule has 1 aromatic rings. The van der Waals surface area contributed by atoms with Crippen LogP contribution in [0.4, 0.5) is 0 Å². The number of benzene rings is 1. The van der Waals surface area contributed by atoms with E-state index in [0.29, 0.717) is 0 Å². The molecule has 2 atom stereocenters. The van der Waals surface area contributed by atoms with Crippen molar-refractivity contribution in [3.8, 4) is 0 Å². The maximum atomic E-state index is 11.8. The first kappa shape index (κ1) is 17.5. The molecule has 0 bridgehead atoms. The highest BCUT2D eigenvalue weighted by molar-refractivity contribution is 7.91. The Hall–Kier alpha value is -0.820. The molecule has 0 aromatic heterocycles. The Morgan fingerprint density at radius 2 is 1.86 bits per heavy atom. The zero-order valence-electron chi connectivity index (χ0n) is 11.2. The number of halogens is 3. The van der Waals surface area contributed by atoms with Crippen LogP contribution in [0.1, 0.15) is 5.56 Å². The van der Waals surface area contributed by atoms with E-state index in [0.717, 1.165) is 5.56 Å². The van der Waals surface area contributed by atoms with Crippen LogP contribution < -0.4 is 5.32 Å². The van der Waals surface area contributed by atoms with Gasteiger partial charge in [-0.15, -0.1) is 0 Å². The normalized spacial score (nSPS) is 24.5. The molecule has 1 heterocycles. The zero-order valence-corrected chi connectivity index (χ0v) is 14.3. The second-order valence-corrected chi connectivity index (χ2v) is 9.35. The van der Waals surface area contributed by atoms with Gasteiger partial charge in [-0.2, -0.15) is 0 Å². The van der Waals surface area contributed by atoms with E-state index >= 15 is 0 Å². The number of sulfone groups is 1. The number of nitrogens with one attached hydrogen (secondary N) is 1. The number of carbonyl (C=O) groups is 1. The first-order valence-electron chi connectivity index (χ1n) is 6.34. The molecular formula is C13H13Cl3N2O3S. The van der Waals surface area contributed by atoms with Crippen LogP contribution in [0.2, 0.25) is 0 Å². The van der Waals surface area contributed by atoms with E-state index < -0.39 is 31.6 Å². The van der Waals surface area contributed by atoms with Gasteiger partial charge < -0.3 is 5.32 Å². The van der Waals surface area contributed by atoms with Crippen LogP contribution in [-0.2, 0) is 14.6 Å². The van der Waals surface area contributed by atoms with E-state index in [9.17, 15) is 13.2 Å². The van der Waals surface area contributed by atoms with Gasteiger partial charge in [-0.1, -0.05) is 65.1 Å². The van der Waals surface area contributed by atoms with Crippen molar-refractivity contribution < 1.29 is 13.2 Å². The van der Waals surface area contributed by atoms with Gasteiger partial charge in [0.15, 0.2) is 9.84 Å². The predicted molar refractivity (Wildman–Crippen MR) is 88.7 cm³/mol. The van der Waals surface area contributed by atoms with Crippen molar-refractivity contribution in [2.75, 3.05) is 11.5 Å². The molecule has 0 unspecified atom stereocenters. The van der Waals surface area contributed by atoms with Crippen LogP contribution in [0.25, 0.3) is 0 Å². The van der Waals surface area contributed by atoms with E-state index in [1.165, 1.54) is 0 Å². The molecule has 1 aliphatic rings. The molecule has 1 saturated heterocycles. The first-order valence-corrected chi connectivity index (χ1v) is 9.29. The summed E-state index contributed by atoms with van der Waals surface area (Å²) in [6.45, 7) is 0. The van der Waals surface area contributed by atoms with Gasteiger partial charge in [0.05, 0.1) is 23.6 Å². The lowest BCUT2D eigenvalue weighted by molar-refractivity contribution is -0.120. The molecule has 0 saturated carbocycles. The van der Waals surface area contributed by atoms with Crippen molar-refractivity contribution in [1.82, 2.24) is 5.32 Å². The summed E-state index contributed by atoms with van der Waals surface area (Å²) < 4.78 is 21.4. The number of hydrogen-bond acceptors (Lipinski definition) is 4. The second-order valence-electron chi connectivity index (χ2n) is 4.91. The molecule has 1 aromatic carbocycles. The first-order chi connectivity index (χ1) is 10.2. The van der Waals surface area contributed by atoms with Crippen LogP contribution in [0.3, 0.4) is 0 Å². The van der Waals surface area contributed by atoms with Crippen molar-refractivity contribution in [2.24, 2.45) is 4.99 Å². The van der Waals surface area contributed by atoms with Gasteiger partial charge >= 0.3 is 0 Å². The lowest BCUT2D eigenvalue weighted by Crippen LogP contribution is -2.46. The number of hydrogen-bond donors (Lipinski definition) is 1. The third-order valence-electron chi connectivity index (χ3n) is 3.11. The molecule has 1 aliphatic heterocycles. The number of aliphatic imine (C=N–C) groups is 1. The molecule has 2 rings (SSSR count). The van der Waals surface area contributed by atoms with E-state index in [4.69, 9.17) is 34.8 Å². The zero-order chi connectivity index (χ0) is 16.4. The molecule has 5 nitrogen and oxygen atoms in total. The minimum absolute atomic E-state index is 0.152. The summed E-state index contributed by atoms with van der Waals surface area (Å²) in [5, 5.41) is 2.43. The summed E-state index contributed by atoms with van der Waals surface area (Å²) in [6, 6.07) is 7.89. The molecule has 120 valence electrons. The average molecular weight is 384 g/mol. The summed E-state index contributed by atoms with van der Waals surface area (Å²) in [7, 11) is -3.30. The van der Waals surface area contributed by atoms with E-state index in [1.54, 1.807) is 6.21 Å². The Labute approximate surface area is 143 Å². The SMILES string of the molecule is O=C(N[C@H]1CS(=O)(=O)C[C@H]1N=Cc1ccccc1)C(Cl)(Cl)Cl. The highest BCUT2D eigenvalue weighted by Crippen LogP contribution is 2.27. The number of carbonyl (C=O) groups excluding carboxylic acids is 1. The molecule has 1 fully saturated rings. The molecule has 0 aliphatic carbocycles. The average Bonchev–Trinajstić information content (AvgIpc) is 2.71. The lowest BCUT2D eigenvalue weighted by atomic mass is 10.1. The minimum Gasteiger partial charge on any atom is -0.346 e. The summed E-state index contributed by atoms with van der Waals surface area (Å²) >= 11 is 16.5. The standard InChI is InChI=1S/C13H13Cl3N2O3S/c14-13(15,16)12(19)18-11-8-22(20,21)7-10(11)17-6-9-4-2-1-3-5-9/h1-6,10-11H,7-8H2,(H,18,19)/t10-,11+/m1/s1. The Morgan fingerprint density at radius 1 is 1.23 bits per heavy atom. The van der Waals surface area contributed by atoms with E-state index in [-0.39, 0.29) is 11.5 Å². The van der Waals surface area contributed by atoms with Crippen molar-refractivity contribution in [3.63, 3.8) is 0 Å². The second kappa shape index (κ2) is 6.74. The van der Waals surface area contributed by atoms with Crippen LogP contribution in [0, 0.1) is 0 Å². The van der Waals surface area contributed by atoms with Gasteiger partial charge in [-0.3, -0.25) is 9.79 Å². The third kappa shape index (κ3) is 4.84. The maximum absolute atomic E-state index is 11.8. The molecule has 0 radical (unpaired) electrons. The topological polar surface area (TPSA) is 75.6 Å². The van der Waals surface area contributed by atoms with Crippen LogP contribution in [0.5, 0.6) is 0 Å². The van der Waals surface area contributed by atoms with Gasteiger partial charge in [0.25, 0.3) is 9.70 Å². The summed E-state index contributed by atoms with van der Waals surface area (Å²) in [5.74, 6) is -1.24. The van der Waals surface area contributed by atoms with Crippen LogP contribution in [-0.4, -0.2) is 47.9 Å². The fraction of sp³-hybridized carbons (Fsp3) is 0.385. The minimum atomic E-state index is -3.30. The Balaban J connectivity index is 2.13. The van der Waals surface area contributed by atoms with Crippen molar-refractivity contribution in [1.29, 1.82) is 0 Å². The molecule has 22 heavy (non-hydrogen) atoms. The molecule has 1 N–H and O–H groups in total. The maximum Gasteiger partial charge on any atom is 0.272 e. The largest absolute Gasteiger partial charge is 0.346 e. The fourth-order valence-electron chi connectivity index (χ4n) is 2.08. The van der Waals surface area contributed by atoms with Crippen molar-refractivity contribution in [2.45, 2.75) is 15.9 Å². The van der Waals surface area contributed by atoms with Crippen molar-refractivity contribution >= 4 is 56.8 Å². The number of rotatable bonds is 3. The molecule has 9 heteroatoms. The Morgan fingerprint density at radius 3 is 2.45 bits per heavy atom. The van der Waals surface area contributed by atoms with Crippen LogP contribution in [0.15, 0.2) is 35.3 Å². The molecule has 0 spiro atoms. The molecule has 1 amide bonds.